The van der Waals surface area contributed by atoms with Gasteiger partial charge in [0.15, 0.2) is 0 Å². The molecular weight excluding hydrogens is 372 g/mol. The lowest BCUT2D eigenvalue weighted by Gasteiger charge is -2.34. The molecule has 0 atom stereocenters. The van der Waals surface area contributed by atoms with Crippen LogP contribution in [0.15, 0.2) is 24.3 Å². The van der Waals surface area contributed by atoms with Crippen LogP contribution >= 0.6 is 11.6 Å². The second-order valence-corrected chi connectivity index (χ2v) is 8.51. The van der Waals surface area contributed by atoms with Crippen molar-refractivity contribution in [1.29, 1.82) is 0 Å². The largest absolute Gasteiger partial charge is 0.336 e. The van der Waals surface area contributed by atoms with Crippen molar-refractivity contribution < 1.29 is 4.79 Å². The molecule has 1 aliphatic rings. The molecule has 0 aliphatic carbocycles. The fourth-order valence-electron chi connectivity index (χ4n) is 3.84. The number of likely N-dealkylation sites (N-methyl/N-ethyl adjacent to an activating group) is 1. The first-order valence-electron chi connectivity index (χ1n) is 10.2. The predicted octanol–water partition coefficient (Wildman–Crippen LogP) is 4.55. The van der Waals surface area contributed by atoms with Crippen LogP contribution in [0.5, 0.6) is 0 Å². The summed E-state index contributed by atoms with van der Waals surface area (Å²) in [5.74, 6) is 0.431. The van der Waals surface area contributed by atoms with Crippen molar-refractivity contribution in [1.82, 2.24) is 19.6 Å². The van der Waals surface area contributed by atoms with E-state index >= 15 is 0 Å². The third kappa shape index (κ3) is 4.11. The average Bonchev–Trinajstić information content (AvgIpc) is 3.09. The van der Waals surface area contributed by atoms with Crippen molar-refractivity contribution in [2.45, 2.75) is 46.5 Å². The Morgan fingerprint density at radius 1 is 1.11 bits per heavy atom. The maximum atomic E-state index is 13.6. The zero-order valence-electron chi connectivity index (χ0n) is 17.6. The minimum Gasteiger partial charge on any atom is -0.336 e. The van der Waals surface area contributed by atoms with Crippen molar-refractivity contribution in [2.75, 3.05) is 32.7 Å². The molecule has 6 heteroatoms. The van der Waals surface area contributed by atoms with E-state index in [4.69, 9.17) is 16.7 Å². The molecular formula is C22H31ClN4O. The number of nitrogens with zero attached hydrogens (tertiary/aromatic N) is 4. The third-order valence-electron chi connectivity index (χ3n) is 5.42. The summed E-state index contributed by atoms with van der Waals surface area (Å²) < 4.78 is 1.92. The minimum atomic E-state index is 0.108. The van der Waals surface area contributed by atoms with Gasteiger partial charge >= 0.3 is 0 Å². The molecule has 0 unspecified atom stereocenters. The zero-order chi connectivity index (χ0) is 20.4. The number of rotatable bonds is 5. The summed E-state index contributed by atoms with van der Waals surface area (Å²) in [6.45, 7) is 15.0. The van der Waals surface area contributed by atoms with Crippen molar-refractivity contribution in [3.63, 3.8) is 0 Å². The van der Waals surface area contributed by atoms with E-state index in [0.29, 0.717) is 5.02 Å². The molecule has 1 saturated heterocycles. The topological polar surface area (TPSA) is 41.4 Å². The van der Waals surface area contributed by atoms with E-state index in [2.05, 4.69) is 39.5 Å². The van der Waals surface area contributed by atoms with Crippen LogP contribution in [-0.4, -0.2) is 58.2 Å². The second kappa shape index (κ2) is 8.66. The predicted molar refractivity (Wildman–Crippen MR) is 115 cm³/mol. The fourth-order valence-corrected chi connectivity index (χ4v) is 4.02. The van der Waals surface area contributed by atoms with Gasteiger partial charge in [-0.1, -0.05) is 52.3 Å². The van der Waals surface area contributed by atoms with Crippen LogP contribution in [0.3, 0.4) is 0 Å². The molecule has 3 rings (SSSR count). The number of aromatic nitrogens is 2. The van der Waals surface area contributed by atoms with Crippen LogP contribution in [0.2, 0.25) is 5.02 Å². The summed E-state index contributed by atoms with van der Waals surface area (Å²) >= 11 is 6.23. The van der Waals surface area contributed by atoms with Crippen molar-refractivity contribution in [2.24, 2.45) is 0 Å². The van der Waals surface area contributed by atoms with Gasteiger partial charge < -0.3 is 9.80 Å². The number of hydrogen-bond acceptors (Lipinski definition) is 3. The molecule has 1 aliphatic heterocycles. The summed E-state index contributed by atoms with van der Waals surface area (Å²) in [7, 11) is 0. The first-order chi connectivity index (χ1) is 13.3. The van der Waals surface area contributed by atoms with Crippen molar-refractivity contribution >= 4 is 17.5 Å². The van der Waals surface area contributed by atoms with Crippen LogP contribution in [0.4, 0.5) is 0 Å². The van der Waals surface area contributed by atoms with Crippen LogP contribution in [-0.2, 0) is 0 Å². The molecule has 28 heavy (non-hydrogen) atoms. The molecule has 0 bridgehead atoms. The molecule has 2 heterocycles. The lowest BCUT2D eigenvalue weighted by Crippen LogP contribution is -2.48. The minimum absolute atomic E-state index is 0.108. The molecule has 5 nitrogen and oxygen atoms in total. The molecule has 1 aromatic heterocycles. The Labute approximate surface area is 173 Å². The zero-order valence-corrected chi connectivity index (χ0v) is 18.3. The van der Waals surface area contributed by atoms with Gasteiger partial charge in [0, 0.05) is 31.2 Å². The average molecular weight is 403 g/mol. The Balaban J connectivity index is 2.07. The SMILES string of the molecule is CCN1CCN(C(=O)c2c(C(C)C)nn(-c3cccc(Cl)c3)c2C(C)C)CC1. The first-order valence-corrected chi connectivity index (χ1v) is 10.6. The lowest BCUT2D eigenvalue weighted by atomic mass is 9.97. The van der Waals surface area contributed by atoms with Crippen molar-refractivity contribution in [3.8, 4) is 5.69 Å². The van der Waals surface area contributed by atoms with Gasteiger partial charge in [0.25, 0.3) is 5.91 Å². The number of carbonyl (C=O) groups excluding carboxylic acids is 1. The van der Waals surface area contributed by atoms with Gasteiger partial charge in [-0.25, -0.2) is 4.68 Å². The van der Waals surface area contributed by atoms with E-state index in [9.17, 15) is 4.79 Å². The Kier molecular flexibility index (Phi) is 6.46. The van der Waals surface area contributed by atoms with E-state index in [0.717, 1.165) is 55.4 Å². The third-order valence-corrected chi connectivity index (χ3v) is 5.65. The van der Waals surface area contributed by atoms with Gasteiger partial charge in [0.05, 0.1) is 22.6 Å². The smallest absolute Gasteiger partial charge is 0.257 e. The molecule has 0 saturated carbocycles. The monoisotopic (exact) mass is 402 g/mol. The van der Waals surface area contributed by atoms with E-state index in [-0.39, 0.29) is 17.7 Å². The summed E-state index contributed by atoms with van der Waals surface area (Å²) in [5, 5.41) is 5.55. The molecule has 2 aromatic rings. The quantitative estimate of drug-likeness (QED) is 0.736. The number of carbonyl (C=O) groups is 1. The second-order valence-electron chi connectivity index (χ2n) is 8.07. The number of halogens is 1. The number of benzene rings is 1. The van der Waals surface area contributed by atoms with E-state index < -0.39 is 0 Å². The standard InChI is InChI=1S/C22H31ClN4O/c1-6-25-10-12-26(13-11-25)22(28)19-20(15(2)3)24-27(21(19)16(4)5)18-9-7-8-17(23)14-18/h7-9,14-16H,6,10-13H2,1-5H3. The molecule has 1 aromatic carbocycles. The molecule has 0 radical (unpaired) electrons. The van der Waals surface area contributed by atoms with E-state index in [1.165, 1.54) is 0 Å². The van der Waals surface area contributed by atoms with Gasteiger partial charge in [0.2, 0.25) is 0 Å². The molecule has 0 spiro atoms. The maximum Gasteiger partial charge on any atom is 0.257 e. The normalized spacial score (nSPS) is 15.6. The van der Waals surface area contributed by atoms with Crippen LogP contribution in [0.25, 0.3) is 5.69 Å². The van der Waals surface area contributed by atoms with Crippen molar-refractivity contribution in [3.05, 3.63) is 46.2 Å². The first kappa shape index (κ1) is 20.9. The summed E-state index contributed by atoms with van der Waals surface area (Å²) in [6, 6.07) is 7.66. The number of piperazine rings is 1. The lowest BCUT2D eigenvalue weighted by molar-refractivity contribution is 0.0640. The van der Waals surface area contributed by atoms with Crippen LogP contribution in [0.1, 0.15) is 68.2 Å². The Morgan fingerprint density at radius 2 is 1.79 bits per heavy atom. The van der Waals surface area contributed by atoms with E-state index in [1.54, 1.807) is 0 Å². The highest BCUT2D eigenvalue weighted by Crippen LogP contribution is 2.31. The van der Waals surface area contributed by atoms with Gasteiger partial charge in [-0.2, -0.15) is 5.10 Å². The van der Waals surface area contributed by atoms with Gasteiger partial charge in [-0.05, 0) is 36.6 Å². The van der Waals surface area contributed by atoms with Gasteiger partial charge in [-0.15, -0.1) is 0 Å². The van der Waals surface area contributed by atoms with Crippen LogP contribution in [0, 0.1) is 0 Å². The van der Waals surface area contributed by atoms with Gasteiger partial charge in [0.1, 0.15) is 0 Å². The van der Waals surface area contributed by atoms with Gasteiger partial charge in [-0.3, -0.25) is 4.79 Å². The molecule has 0 N–H and O–H groups in total. The number of hydrogen-bond donors (Lipinski definition) is 0. The summed E-state index contributed by atoms with van der Waals surface area (Å²) in [5.41, 5.74) is 3.50. The molecule has 1 amide bonds. The highest BCUT2D eigenvalue weighted by atomic mass is 35.5. The Morgan fingerprint density at radius 3 is 2.32 bits per heavy atom. The molecule has 1 fully saturated rings. The number of amides is 1. The Hall–Kier alpha value is -1.85. The highest BCUT2D eigenvalue weighted by molar-refractivity contribution is 6.30. The fraction of sp³-hybridized carbons (Fsp3) is 0.545. The highest BCUT2D eigenvalue weighted by Gasteiger charge is 2.31. The maximum absolute atomic E-state index is 13.6. The Bertz CT molecular complexity index is 835. The van der Waals surface area contributed by atoms with E-state index in [1.807, 2.05) is 33.8 Å². The summed E-state index contributed by atoms with van der Waals surface area (Å²) in [6.07, 6.45) is 0. The van der Waals surface area contributed by atoms with Crippen LogP contribution < -0.4 is 0 Å². The summed E-state index contributed by atoms with van der Waals surface area (Å²) in [4.78, 5) is 18.0. The molecule has 152 valence electrons.